The summed E-state index contributed by atoms with van der Waals surface area (Å²) < 4.78 is 4.81. The fraction of sp³-hybridized carbons (Fsp3) is 0. The summed E-state index contributed by atoms with van der Waals surface area (Å²) in [6.45, 7) is 0. The van der Waals surface area contributed by atoms with Crippen LogP contribution >= 0.6 is 11.8 Å². The van der Waals surface area contributed by atoms with Crippen LogP contribution in [0.5, 0.6) is 0 Å². The van der Waals surface area contributed by atoms with Crippen LogP contribution in [0.1, 0.15) is 0 Å². The molecule has 0 aliphatic carbocycles. The summed E-state index contributed by atoms with van der Waals surface area (Å²) in [5.74, 6) is 0. The van der Waals surface area contributed by atoms with Crippen LogP contribution in [0.2, 0.25) is 0 Å². The van der Waals surface area contributed by atoms with E-state index in [1.54, 1.807) is 0 Å². The number of nitrogens with zero attached hydrogens (tertiary/aromatic N) is 2. The van der Waals surface area contributed by atoms with Crippen molar-refractivity contribution in [2.45, 2.75) is 9.79 Å². The van der Waals surface area contributed by atoms with Gasteiger partial charge in [-0.2, -0.15) is 0 Å². The van der Waals surface area contributed by atoms with Gasteiger partial charge in [0.15, 0.2) is 0 Å². The molecule has 3 heteroatoms. The molecule has 11 rings (SSSR count). The number of para-hydroxylation sites is 4. The van der Waals surface area contributed by atoms with E-state index in [2.05, 4.69) is 179 Å². The van der Waals surface area contributed by atoms with E-state index in [-0.39, 0.29) is 0 Å². The first-order valence-corrected chi connectivity index (χ1v) is 17.6. The fourth-order valence-corrected chi connectivity index (χ4v) is 9.40. The maximum atomic E-state index is 2.43. The molecule has 3 heterocycles. The van der Waals surface area contributed by atoms with E-state index in [0.717, 1.165) is 0 Å². The Balaban J connectivity index is 1.10. The zero-order valence-electron chi connectivity index (χ0n) is 26.5. The van der Waals surface area contributed by atoms with Gasteiger partial charge in [0.2, 0.25) is 0 Å². The Kier molecular flexibility index (Phi) is 5.63. The lowest BCUT2D eigenvalue weighted by atomic mass is 9.93. The maximum absolute atomic E-state index is 2.43. The summed E-state index contributed by atoms with van der Waals surface area (Å²) in [6, 6.07) is 62.3. The van der Waals surface area contributed by atoms with Gasteiger partial charge >= 0.3 is 0 Å². The average molecular weight is 641 g/mol. The zero-order chi connectivity index (χ0) is 32.1. The molecule has 2 aromatic heterocycles. The molecule has 0 bridgehead atoms. The third-order valence-corrected chi connectivity index (χ3v) is 11.4. The SMILES string of the molecule is c1ccc(-n2c3ccccc3c3cc(-c4ccc5c(c4)Sc4cc6c(c7cccc-5c47)c4ccccc4n6-c4ccccc4)ccc32)cc1. The largest absolute Gasteiger partial charge is 0.309 e. The van der Waals surface area contributed by atoms with Crippen LogP contribution in [-0.2, 0) is 0 Å². The van der Waals surface area contributed by atoms with Crippen molar-refractivity contribution in [3.05, 3.63) is 170 Å². The van der Waals surface area contributed by atoms with E-state index in [1.165, 1.54) is 97.8 Å². The van der Waals surface area contributed by atoms with Crippen LogP contribution in [0, 0.1) is 0 Å². The molecular formula is C46H28N2S. The molecule has 0 saturated heterocycles. The van der Waals surface area contributed by atoms with E-state index in [1.807, 2.05) is 11.8 Å². The minimum atomic E-state index is 1.18. The van der Waals surface area contributed by atoms with Gasteiger partial charge in [0, 0.05) is 48.1 Å². The summed E-state index contributed by atoms with van der Waals surface area (Å²) >= 11 is 1.90. The number of hydrogen-bond acceptors (Lipinski definition) is 1. The van der Waals surface area contributed by atoms with Gasteiger partial charge < -0.3 is 9.13 Å². The van der Waals surface area contributed by atoms with E-state index in [4.69, 9.17) is 0 Å². The maximum Gasteiger partial charge on any atom is 0.0558 e. The second kappa shape index (κ2) is 10.2. The molecule has 8 aromatic carbocycles. The molecule has 10 aromatic rings. The Hall–Kier alpha value is -6.03. The van der Waals surface area contributed by atoms with Crippen molar-refractivity contribution in [2.24, 2.45) is 0 Å². The Bertz CT molecular complexity index is 2950. The Morgan fingerprint density at radius 3 is 1.69 bits per heavy atom. The number of benzene rings is 8. The first-order valence-electron chi connectivity index (χ1n) is 16.8. The molecule has 0 amide bonds. The standard InChI is InChI=1S/C46H28N2S/c1-3-12-31(13-4-1)47-39-20-9-7-16-33(39)38-26-29(23-25-41(38)47)30-22-24-34-35-18-11-19-37-45-36-17-8-10-21-40(36)48(32-14-5-2-6-15-32)42(45)28-44(46(35)37)49-43(34)27-30/h1-28H. The number of hydrogen-bond donors (Lipinski definition) is 0. The molecule has 49 heavy (non-hydrogen) atoms. The monoisotopic (exact) mass is 640 g/mol. The number of rotatable bonds is 3. The van der Waals surface area contributed by atoms with Gasteiger partial charge in [-0.1, -0.05) is 121 Å². The smallest absolute Gasteiger partial charge is 0.0558 e. The van der Waals surface area contributed by atoms with Crippen LogP contribution in [0.4, 0.5) is 0 Å². The molecule has 1 aliphatic rings. The lowest BCUT2D eigenvalue weighted by molar-refractivity contribution is 1.18. The van der Waals surface area contributed by atoms with Crippen molar-refractivity contribution in [1.29, 1.82) is 0 Å². The van der Waals surface area contributed by atoms with Crippen LogP contribution in [0.15, 0.2) is 180 Å². The molecule has 228 valence electrons. The van der Waals surface area contributed by atoms with Crippen LogP contribution in [0.3, 0.4) is 0 Å². The average Bonchev–Trinajstić information content (AvgIpc) is 3.68. The van der Waals surface area contributed by atoms with E-state index < -0.39 is 0 Å². The summed E-state index contributed by atoms with van der Waals surface area (Å²) in [5.41, 5.74) is 12.4. The van der Waals surface area contributed by atoms with Gasteiger partial charge in [0.25, 0.3) is 0 Å². The highest BCUT2D eigenvalue weighted by Gasteiger charge is 2.24. The van der Waals surface area contributed by atoms with Crippen LogP contribution < -0.4 is 0 Å². The highest BCUT2D eigenvalue weighted by atomic mass is 32.2. The third kappa shape index (κ3) is 3.85. The fourth-order valence-electron chi connectivity index (χ4n) is 8.20. The van der Waals surface area contributed by atoms with Crippen LogP contribution in [0.25, 0.3) is 88.0 Å². The first kappa shape index (κ1) is 27.0. The molecule has 1 aliphatic heterocycles. The van der Waals surface area contributed by atoms with E-state index in [9.17, 15) is 0 Å². The molecule has 0 spiro atoms. The molecule has 0 fully saturated rings. The Labute approximate surface area is 287 Å². The number of aromatic nitrogens is 2. The molecule has 0 unspecified atom stereocenters. The summed E-state index contributed by atoms with van der Waals surface area (Å²) in [4.78, 5) is 2.61. The number of fused-ring (bicyclic) bond motifs is 9. The molecule has 2 nitrogen and oxygen atoms in total. The summed E-state index contributed by atoms with van der Waals surface area (Å²) in [7, 11) is 0. The Morgan fingerprint density at radius 2 is 0.918 bits per heavy atom. The lowest BCUT2D eigenvalue weighted by Crippen LogP contribution is -1.96. The predicted octanol–water partition coefficient (Wildman–Crippen LogP) is 12.8. The minimum absolute atomic E-state index is 1.18. The molecule has 0 atom stereocenters. The summed E-state index contributed by atoms with van der Waals surface area (Å²) in [5, 5.41) is 7.83. The minimum Gasteiger partial charge on any atom is -0.309 e. The van der Waals surface area contributed by atoms with Crippen molar-refractivity contribution in [1.82, 2.24) is 9.13 Å². The van der Waals surface area contributed by atoms with E-state index >= 15 is 0 Å². The molecular weight excluding hydrogens is 613 g/mol. The molecule has 0 saturated carbocycles. The van der Waals surface area contributed by atoms with Gasteiger partial charge in [-0.25, -0.2) is 0 Å². The molecule has 0 radical (unpaired) electrons. The van der Waals surface area contributed by atoms with Gasteiger partial charge in [-0.15, -0.1) is 0 Å². The molecule has 0 N–H and O–H groups in total. The summed E-state index contributed by atoms with van der Waals surface area (Å²) in [6.07, 6.45) is 0. The third-order valence-electron chi connectivity index (χ3n) is 10.3. The second-order valence-corrected chi connectivity index (χ2v) is 14.0. The lowest BCUT2D eigenvalue weighted by Gasteiger charge is -2.22. The van der Waals surface area contributed by atoms with Crippen molar-refractivity contribution in [2.75, 3.05) is 0 Å². The van der Waals surface area contributed by atoms with Gasteiger partial charge in [-0.3, -0.25) is 0 Å². The highest BCUT2D eigenvalue weighted by molar-refractivity contribution is 7.99. The topological polar surface area (TPSA) is 9.86 Å². The van der Waals surface area contributed by atoms with Crippen molar-refractivity contribution in [3.63, 3.8) is 0 Å². The zero-order valence-corrected chi connectivity index (χ0v) is 27.3. The van der Waals surface area contributed by atoms with Crippen molar-refractivity contribution < 1.29 is 0 Å². The quantitative estimate of drug-likeness (QED) is 0.187. The highest BCUT2D eigenvalue weighted by Crippen LogP contribution is 2.52. The van der Waals surface area contributed by atoms with Gasteiger partial charge in [-0.05, 0) is 88.3 Å². The first-order chi connectivity index (χ1) is 24.3. The predicted molar refractivity (Wildman–Crippen MR) is 208 cm³/mol. The normalized spacial score (nSPS) is 12.4. The van der Waals surface area contributed by atoms with E-state index in [0.29, 0.717) is 0 Å². The second-order valence-electron chi connectivity index (χ2n) is 12.9. The van der Waals surface area contributed by atoms with Crippen LogP contribution in [-0.4, -0.2) is 9.13 Å². The Morgan fingerprint density at radius 1 is 0.327 bits per heavy atom. The van der Waals surface area contributed by atoms with Crippen molar-refractivity contribution in [3.8, 4) is 33.6 Å². The van der Waals surface area contributed by atoms with Gasteiger partial charge in [0.05, 0.1) is 22.1 Å². The van der Waals surface area contributed by atoms with Crippen molar-refractivity contribution >= 4 is 66.1 Å². The van der Waals surface area contributed by atoms with Gasteiger partial charge in [0.1, 0.15) is 0 Å².